The van der Waals surface area contributed by atoms with E-state index < -0.39 is 10.0 Å². The number of hydrogen-bond acceptors (Lipinski definition) is 8. The second-order valence-electron chi connectivity index (χ2n) is 8.32. The Morgan fingerprint density at radius 2 is 1.82 bits per heavy atom. The number of anilines is 1. The Bertz CT molecular complexity index is 1220. The fourth-order valence-corrected chi connectivity index (χ4v) is 4.91. The Kier molecular flexibility index (Phi) is 6.78. The van der Waals surface area contributed by atoms with Gasteiger partial charge in [-0.3, -0.25) is 4.90 Å². The third kappa shape index (κ3) is 5.07. The highest BCUT2D eigenvalue weighted by molar-refractivity contribution is 7.89. The SMILES string of the molecule is COc1ccc(CN2CCC(Nc3nc4cc(S(=O)(=O)N(C)C)ccc4o3)CC2)cc1OC. The van der Waals surface area contributed by atoms with Crippen molar-refractivity contribution in [3.8, 4) is 11.5 Å². The quantitative estimate of drug-likeness (QED) is 0.532. The van der Waals surface area contributed by atoms with Crippen LogP contribution in [0, 0.1) is 0 Å². The lowest BCUT2D eigenvalue weighted by molar-refractivity contribution is 0.210. The smallest absolute Gasteiger partial charge is 0.295 e. The number of hydrogen-bond donors (Lipinski definition) is 1. The van der Waals surface area contributed by atoms with E-state index in [4.69, 9.17) is 13.9 Å². The van der Waals surface area contributed by atoms with Crippen LogP contribution in [-0.4, -0.2) is 70.1 Å². The second-order valence-corrected chi connectivity index (χ2v) is 10.5. The van der Waals surface area contributed by atoms with Gasteiger partial charge in [0.2, 0.25) is 10.0 Å². The number of aromatic nitrogens is 1. The van der Waals surface area contributed by atoms with Crippen LogP contribution in [0.5, 0.6) is 11.5 Å². The maximum absolute atomic E-state index is 12.4. The van der Waals surface area contributed by atoms with Crippen LogP contribution in [0.4, 0.5) is 6.01 Å². The second kappa shape index (κ2) is 9.58. The van der Waals surface area contributed by atoms with Crippen molar-refractivity contribution in [1.82, 2.24) is 14.2 Å². The number of ether oxygens (including phenoxy) is 2. The van der Waals surface area contributed by atoms with Crippen LogP contribution >= 0.6 is 0 Å². The molecule has 3 aromatic rings. The zero-order chi connectivity index (χ0) is 23.6. The van der Waals surface area contributed by atoms with Gasteiger partial charge in [0.25, 0.3) is 6.01 Å². The van der Waals surface area contributed by atoms with Gasteiger partial charge in [-0.2, -0.15) is 4.98 Å². The maximum atomic E-state index is 12.4. The molecule has 1 saturated heterocycles. The van der Waals surface area contributed by atoms with Crippen molar-refractivity contribution >= 4 is 27.1 Å². The number of rotatable bonds is 8. The van der Waals surface area contributed by atoms with Crippen LogP contribution in [0.25, 0.3) is 11.1 Å². The molecule has 0 aliphatic carbocycles. The van der Waals surface area contributed by atoms with Gasteiger partial charge in [-0.1, -0.05) is 6.07 Å². The molecule has 1 N–H and O–H groups in total. The molecule has 178 valence electrons. The molecule has 1 aliphatic heterocycles. The van der Waals surface area contributed by atoms with Gasteiger partial charge in [0.15, 0.2) is 17.1 Å². The summed E-state index contributed by atoms with van der Waals surface area (Å²) in [5, 5.41) is 3.37. The van der Waals surface area contributed by atoms with E-state index in [9.17, 15) is 8.42 Å². The Hall–Kier alpha value is -2.82. The molecule has 10 heteroatoms. The van der Waals surface area contributed by atoms with E-state index in [1.807, 2.05) is 12.1 Å². The van der Waals surface area contributed by atoms with Crippen molar-refractivity contribution in [1.29, 1.82) is 0 Å². The molecular weight excluding hydrogens is 444 g/mol. The summed E-state index contributed by atoms with van der Waals surface area (Å²) in [5.74, 6) is 1.47. The summed E-state index contributed by atoms with van der Waals surface area (Å²) in [6.07, 6.45) is 1.90. The van der Waals surface area contributed by atoms with Crippen LogP contribution in [-0.2, 0) is 16.6 Å². The minimum Gasteiger partial charge on any atom is -0.493 e. The molecule has 1 aromatic heterocycles. The van der Waals surface area contributed by atoms with Crippen molar-refractivity contribution in [2.24, 2.45) is 0 Å². The van der Waals surface area contributed by atoms with E-state index in [0.717, 1.165) is 44.0 Å². The molecule has 1 aliphatic rings. The molecule has 0 unspecified atom stereocenters. The number of nitrogens with one attached hydrogen (secondary N) is 1. The summed E-state index contributed by atoms with van der Waals surface area (Å²) in [7, 11) is 2.78. The van der Waals surface area contributed by atoms with Gasteiger partial charge < -0.3 is 19.2 Å². The van der Waals surface area contributed by atoms with Crippen molar-refractivity contribution in [3.63, 3.8) is 0 Å². The van der Waals surface area contributed by atoms with E-state index in [-0.39, 0.29) is 10.9 Å². The summed E-state index contributed by atoms with van der Waals surface area (Å²) in [6, 6.07) is 11.4. The summed E-state index contributed by atoms with van der Waals surface area (Å²) in [5.41, 5.74) is 2.26. The molecule has 33 heavy (non-hydrogen) atoms. The number of sulfonamides is 1. The van der Waals surface area contributed by atoms with E-state index in [1.165, 1.54) is 24.0 Å². The van der Waals surface area contributed by atoms with E-state index in [0.29, 0.717) is 17.1 Å². The van der Waals surface area contributed by atoms with Gasteiger partial charge >= 0.3 is 0 Å². The lowest BCUT2D eigenvalue weighted by Crippen LogP contribution is -2.38. The third-order valence-corrected chi connectivity index (χ3v) is 7.72. The predicted octanol–water partition coefficient (Wildman–Crippen LogP) is 3.17. The first kappa shape index (κ1) is 23.3. The summed E-state index contributed by atoms with van der Waals surface area (Å²) in [6.45, 7) is 2.73. The zero-order valence-electron chi connectivity index (χ0n) is 19.4. The molecule has 9 nitrogen and oxygen atoms in total. The molecular formula is C23H30N4O5S. The highest BCUT2D eigenvalue weighted by Gasteiger charge is 2.22. The molecule has 1 fully saturated rings. The molecule has 2 heterocycles. The molecule has 0 bridgehead atoms. The number of oxazole rings is 1. The molecule has 0 saturated carbocycles. The standard InChI is InChI=1S/C23H30N4O5S/c1-26(2)33(28,29)18-6-8-20-19(14-18)25-23(32-20)24-17-9-11-27(12-10-17)15-16-5-7-21(30-3)22(13-16)31-4/h5-8,13-14,17H,9-12,15H2,1-4H3,(H,24,25). The Balaban J connectivity index is 1.36. The molecule has 0 atom stereocenters. The fourth-order valence-electron chi connectivity index (χ4n) is 3.99. The minimum atomic E-state index is -3.52. The van der Waals surface area contributed by atoms with Crippen LogP contribution in [0.1, 0.15) is 18.4 Å². The number of fused-ring (bicyclic) bond motifs is 1. The van der Waals surface area contributed by atoms with Crippen LogP contribution < -0.4 is 14.8 Å². The molecule has 2 aromatic carbocycles. The largest absolute Gasteiger partial charge is 0.493 e. The zero-order valence-corrected chi connectivity index (χ0v) is 20.2. The monoisotopic (exact) mass is 474 g/mol. The first-order valence-corrected chi connectivity index (χ1v) is 12.3. The molecule has 0 spiro atoms. The number of nitrogens with zero attached hydrogens (tertiary/aromatic N) is 3. The summed E-state index contributed by atoms with van der Waals surface area (Å²) in [4.78, 5) is 7.07. The Morgan fingerprint density at radius 3 is 2.48 bits per heavy atom. The van der Waals surface area contributed by atoms with Crippen molar-refractivity contribution in [2.75, 3.05) is 46.7 Å². The topological polar surface area (TPSA) is 97.1 Å². The van der Waals surface area contributed by atoms with Crippen molar-refractivity contribution in [3.05, 3.63) is 42.0 Å². The van der Waals surface area contributed by atoms with E-state index in [2.05, 4.69) is 21.3 Å². The minimum absolute atomic E-state index is 0.198. The van der Waals surface area contributed by atoms with E-state index >= 15 is 0 Å². The number of methoxy groups -OCH3 is 2. The lowest BCUT2D eigenvalue weighted by Gasteiger charge is -2.32. The Morgan fingerprint density at radius 1 is 1.09 bits per heavy atom. The van der Waals surface area contributed by atoms with Gasteiger partial charge in [0.1, 0.15) is 5.52 Å². The van der Waals surface area contributed by atoms with Gasteiger partial charge in [-0.15, -0.1) is 0 Å². The predicted molar refractivity (Wildman–Crippen MR) is 126 cm³/mol. The summed E-state index contributed by atoms with van der Waals surface area (Å²) < 4.78 is 42.4. The molecule has 0 amide bonds. The highest BCUT2D eigenvalue weighted by Crippen LogP contribution is 2.29. The number of piperidine rings is 1. The van der Waals surface area contributed by atoms with Crippen LogP contribution in [0.3, 0.4) is 0 Å². The van der Waals surface area contributed by atoms with Gasteiger partial charge in [0, 0.05) is 39.8 Å². The fraction of sp³-hybridized carbons (Fsp3) is 0.435. The first-order chi connectivity index (χ1) is 15.8. The average molecular weight is 475 g/mol. The highest BCUT2D eigenvalue weighted by atomic mass is 32.2. The Labute approximate surface area is 194 Å². The molecule has 0 radical (unpaired) electrons. The van der Waals surface area contributed by atoms with Gasteiger partial charge in [-0.05, 0) is 48.7 Å². The van der Waals surface area contributed by atoms with Gasteiger partial charge in [0.05, 0.1) is 19.1 Å². The summed E-state index contributed by atoms with van der Waals surface area (Å²) >= 11 is 0. The van der Waals surface area contributed by atoms with E-state index in [1.54, 1.807) is 32.4 Å². The normalized spacial score (nSPS) is 15.8. The lowest BCUT2D eigenvalue weighted by atomic mass is 10.0. The van der Waals surface area contributed by atoms with Crippen molar-refractivity contribution < 1.29 is 22.3 Å². The number of benzene rings is 2. The third-order valence-electron chi connectivity index (χ3n) is 5.91. The molecule has 4 rings (SSSR count). The van der Waals surface area contributed by atoms with Gasteiger partial charge in [-0.25, -0.2) is 12.7 Å². The average Bonchev–Trinajstić information content (AvgIpc) is 3.21. The number of likely N-dealkylation sites (tertiary alicyclic amines) is 1. The van der Waals surface area contributed by atoms with Crippen LogP contribution in [0.15, 0.2) is 45.7 Å². The van der Waals surface area contributed by atoms with Crippen LogP contribution in [0.2, 0.25) is 0 Å². The maximum Gasteiger partial charge on any atom is 0.295 e. The van der Waals surface area contributed by atoms with Crippen molar-refractivity contribution in [2.45, 2.75) is 30.3 Å². The first-order valence-electron chi connectivity index (χ1n) is 10.8.